The van der Waals surface area contributed by atoms with Gasteiger partial charge in [0.2, 0.25) is 5.91 Å². The van der Waals surface area contributed by atoms with Crippen LogP contribution in [0.3, 0.4) is 0 Å². The molecule has 0 aromatic rings. The fraction of sp³-hybridized carbons (Fsp3) is 0.846. The zero-order valence-electron chi connectivity index (χ0n) is 12.1. The fourth-order valence-electron chi connectivity index (χ4n) is 2.24. The van der Waals surface area contributed by atoms with Gasteiger partial charge in [-0.1, -0.05) is 0 Å². The molecule has 0 atom stereocenters. The molecule has 0 aliphatic carbocycles. The molecule has 1 fully saturated rings. The van der Waals surface area contributed by atoms with Gasteiger partial charge in [-0.3, -0.25) is 15.0 Å². The van der Waals surface area contributed by atoms with Crippen molar-refractivity contribution in [3.05, 3.63) is 0 Å². The summed E-state index contributed by atoms with van der Waals surface area (Å²) >= 11 is 0. The highest BCUT2D eigenvalue weighted by atomic mass is 16.5. The summed E-state index contributed by atoms with van der Waals surface area (Å²) in [6, 6.07) is 0.276. The number of ether oxygens (including phenoxy) is 1. The Morgan fingerprint density at radius 3 is 2.53 bits per heavy atom. The van der Waals surface area contributed by atoms with Crippen molar-refractivity contribution >= 4 is 12.0 Å². The van der Waals surface area contributed by atoms with E-state index in [4.69, 9.17) is 0 Å². The first-order chi connectivity index (χ1) is 9.02. The fourth-order valence-corrected chi connectivity index (χ4v) is 2.24. The predicted molar refractivity (Wildman–Crippen MR) is 72.9 cm³/mol. The molecule has 1 aliphatic rings. The number of imide groups is 1. The summed E-state index contributed by atoms with van der Waals surface area (Å²) in [5.41, 5.74) is 0. The van der Waals surface area contributed by atoms with Crippen LogP contribution in [-0.2, 0) is 9.53 Å². The molecule has 1 heterocycles. The van der Waals surface area contributed by atoms with Crippen LogP contribution in [0.1, 0.15) is 26.7 Å². The third-order valence-corrected chi connectivity index (χ3v) is 3.46. The molecule has 0 unspecified atom stereocenters. The van der Waals surface area contributed by atoms with Crippen LogP contribution in [0, 0.1) is 5.92 Å². The molecule has 1 rings (SSSR count). The Balaban J connectivity index is 2.43. The topological polar surface area (TPSA) is 70.7 Å². The van der Waals surface area contributed by atoms with Gasteiger partial charge >= 0.3 is 6.09 Å². The Morgan fingerprint density at radius 1 is 1.37 bits per heavy atom. The minimum absolute atomic E-state index is 0.233. The van der Waals surface area contributed by atoms with E-state index in [1.807, 2.05) is 0 Å². The number of hydrogen-bond acceptors (Lipinski definition) is 5. The number of carbonyl (C=O) groups excluding carboxylic acids is 2. The van der Waals surface area contributed by atoms with Crippen molar-refractivity contribution < 1.29 is 14.3 Å². The van der Waals surface area contributed by atoms with E-state index < -0.39 is 6.09 Å². The number of methoxy groups -OCH3 is 1. The standard InChI is InChI=1S/C13H25N3O3/c1-10(2)16(8-11-4-6-14-7-5-11)9-12(17)15-13(18)19-3/h10-11,14H,4-9H2,1-3H3,(H,15,17,18). The van der Waals surface area contributed by atoms with Gasteiger partial charge in [-0.2, -0.15) is 0 Å². The molecule has 0 radical (unpaired) electrons. The highest BCUT2D eigenvalue weighted by Gasteiger charge is 2.21. The van der Waals surface area contributed by atoms with Crippen LogP contribution in [0.5, 0.6) is 0 Å². The van der Waals surface area contributed by atoms with Gasteiger partial charge in [0.1, 0.15) is 0 Å². The molecule has 19 heavy (non-hydrogen) atoms. The minimum Gasteiger partial charge on any atom is -0.453 e. The highest BCUT2D eigenvalue weighted by Crippen LogP contribution is 2.14. The van der Waals surface area contributed by atoms with Crippen molar-refractivity contribution in [3.8, 4) is 0 Å². The second-order valence-corrected chi connectivity index (χ2v) is 5.26. The average Bonchev–Trinajstić information content (AvgIpc) is 2.38. The first-order valence-electron chi connectivity index (χ1n) is 6.85. The Hall–Kier alpha value is -1.14. The number of nitrogens with zero attached hydrogens (tertiary/aromatic N) is 1. The zero-order chi connectivity index (χ0) is 14.3. The first kappa shape index (κ1) is 15.9. The van der Waals surface area contributed by atoms with E-state index in [2.05, 4.69) is 34.1 Å². The molecule has 2 amide bonds. The van der Waals surface area contributed by atoms with Crippen molar-refractivity contribution in [1.82, 2.24) is 15.5 Å². The first-order valence-corrected chi connectivity index (χ1v) is 6.85. The van der Waals surface area contributed by atoms with E-state index in [1.165, 1.54) is 7.11 Å². The lowest BCUT2D eigenvalue weighted by atomic mass is 9.97. The van der Waals surface area contributed by atoms with Crippen LogP contribution in [0.2, 0.25) is 0 Å². The molecular weight excluding hydrogens is 246 g/mol. The Labute approximate surface area is 114 Å². The zero-order valence-corrected chi connectivity index (χ0v) is 12.1. The molecule has 0 bridgehead atoms. The Kier molecular flexibility index (Phi) is 6.80. The lowest BCUT2D eigenvalue weighted by Crippen LogP contribution is -2.45. The van der Waals surface area contributed by atoms with Crippen molar-refractivity contribution in [2.24, 2.45) is 5.92 Å². The Morgan fingerprint density at radius 2 is 2.00 bits per heavy atom. The van der Waals surface area contributed by atoms with Gasteiger partial charge in [0.05, 0.1) is 13.7 Å². The number of rotatable bonds is 5. The number of piperidine rings is 1. The second kappa shape index (κ2) is 8.12. The summed E-state index contributed by atoms with van der Waals surface area (Å²) < 4.78 is 4.42. The molecule has 6 heteroatoms. The van der Waals surface area contributed by atoms with Crippen LogP contribution < -0.4 is 10.6 Å². The highest BCUT2D eigenvalue weighted by molar-refractivity contribution is 5.92. The SMILES string of the molecule is COC(=O)NC(=O)CN(CC1CCNCC1)C(C)C. The normalized spacial score (nSPS) is 16.7. The molecule has 0 aromatic heterocycles. The van der Waals surface area contributed by atoms with Crippen LogP contribution in [-0.4, -0.2) is 56.2 Å². The maximum absolute atomic E-state index is 11.7. The monoisotopic (exact) mass is 271 g/mol. The van der Waals surface area contributed by atoms with Gasteiger partial charge in [-0.05, 0) is 45.7 Å². The lowest BCUT2D eigenvalue weighted by molar-refractivity contribution is -0.122. The van der Waals surface area contributed by atoms with Gasteiger partial charge in [0, 0.05) is 12.6 Å². The summed E-state index contributed by atoms with van der Waals surface area (Å²) in [4.78, 5) is 24.8. The summed E-state index contributed by atoms with van der Waals surface area (Å²) in [5, 5.41) is 5.53. The largest absolute Gasteiger partial charge is 0.453 e. The summed E-state index contributed by atoms with van der Waals surface area (Å²) in [7, 11) is 1.25. The summed E-state index contributed by atoms with van der Waals surface area (Å²) in [6.45, 7) is 7.35. The number of amides is 2. The quantitative estimate of drug-likeness (QED) is 0.765. The molecule has 2 N–H and O–H groups in total. The average molecular weight is 271 g/mol. The number of nitrogens with one attached hydrogen (secondary N) is 2. The molecule has 0 spiro atoms. The molecule has 0 aromatic carbocycles. The maximum Gasteiger partial charge on any atom is 0.413 e. The van der Waals surface area contributed by atoms with Crippen molar-refractivity contribution in [2.45, 2.75) is 32.7 Å². The smallest absolute Gasteiger partial charge is 0.413 e. The van der Waals surface area contributed by atoms with Crippen molar-refractivity contribution in [2.75, 3.05) is 33.3 Å². The van der Waals surface area contributed by atoms with Gasteiger partial charge in [-0.15, -0.1) is 0 Å². The van der Waals surface area contributed by atoms with Gasteiger partial charge in [-0.25, -0.2) is 4.79 Å². The summed E-state index contributed by atoms with van der Waals surface area (Å²) in [5.74, 6) is 0.309. The molecule has 110 valence electrons. The molecule has 6 nitrogen and oxygen atoms in total. The number of carbonyl (C=O) groups is 2. The summed E-state index contributed by atoms with van der Waals surface area (Å²) in [6.07, 6.45) is 1.58. The van der Waals surface area contributed by atoms with Crippen LogP contribution in [0.15, 0.2) is 0 Å². The van der Waals surface area contributed by atoms with E-state index in [0.29, 0.717) is 5.92 Å². The molecule has 1 aliphatic heterocycles. The maximum atomic E-state index is 11.7. The van der Waals surface area contributed by atoms with E-state index >= 15 is 0 Å². The van der Waals surface area contributed by atoms with Crippen LogP contribution in [0.25, 0.3) is 0 Å². The van der Waals surface area contributed by atoms with E-state index in [0.717, 1.165) is 32.5 Å². The van der Waals surface area contributed by atoms with E-state index in [-0.39, 0.29) is 18.5 Å². The van der Waals surface area contributed by atoms with Gasteiger partial charge in [0.25, 0.3) is 0 Å². The lowest BCUT2D eigenvalue weighted by Gasteiger charge is -2.32. The number of alkyl carbamates (subject to hydrolysis) is 1. The van der Waals surface area contributed by atoms with E-state index in [9.17, 15) is 9.59 Å². The molecule has 0 saturated carbocycles. The van der Waals surface area contributed by atoms with Crippen LogP contribution >= 0.6 is 0 Å². The number of hydrogen-bond donors (Lipinski definition) is 2. The molecule has 1 saturated heterocycles. The van der Waals surface area contributed by atoms with Crippen LogP contribution in [0.4, 0.5) is 4.79 Å². The second-order valence-electron chi connectivity index (χ2n) is 5.26. The van der Waals surface area contributed by atoms with Gasteiger partial charge < -0.3 is 10.1 Å². The van der Waals surface area contributed by atoms with E-state index in [1.54, 1.807) is 0 Å². The third-order valence-electron chi connectivity index (χ3n) is 3.46. The van der Waals surface area contributed by atoms with Gasteiger partial charge in [0.15, 0.2) is 0 Å². The van der Waals surface area contributed by atoms with Crippen molar-refractivity contribution in [3.63, 3.8) is 0 Å². The minimum atomic E-state index is -0.699. The van der Waals surface area contributed by atoms with Crippen molar-refractivity contribution in [1.29, 1.82) is 0 Å². The third kappa shape index (κ3) is 6.02. The Bertz CT molecular complexity index is 302. The molecular formula is C13H25N3O3. The predicted octanol–water partition coefficient (Wildman–Crippen LogP) is 0.579.